The van der Waals surface area contributed by atoms with Gasteiger partial charge in [-0.2, -0.15) is 0 Å². The summed E-state index contributed by atoms with van der Waals surface area (Å²) in [4.78, 5) is 31.5. The molecule has 0 aromatic heterocycles. The minimum absolute atomic E-state index is 0.0686. The van der Waals surface area contributed by atoms with E-state index in [0.717, 1.165) is 32.7 Å². The normalized spacial score (nSPS) is 20.5. The van der Waals surface area contributed by atoms with Gasteiger partial charge in [0.05, 0.1) is 13.2 Å². The lowest BCUT2D eigenvalue weighted by molar-refractivity contribution is -0.135. The van der Waals surface area contributed by atoms with Crippen LogP contribution in [0.3, 0.4) is 0 Å². The predicted octanol–water partition coefficient (Wildman–Crippen LogP) is -0.465. The summed E-state index contributed by atoms with van der Waals surface area (Å²) in [6.07, 6.45) is 0.557. The van der Waals surface area contributed by atoms with Crippen LogP contribution >= 0.6 is 0 Å². The van der Waals surface area contributed by atoms with Gasteiger partial charge < -0.3 is 19.4 Å². The van der Waals surface area contributed by atoms with Crippen LogP contribution in [0.5, 0.6) is 0 Å². The van der Waals surface area contributed by atoms with E-state index in [0.29, 0.717) is 32.7 Å². The molecule has 0 aromatic rings. The zero-order valence-corrected chi connectivity index (χ0v) is 13.1. The topological polar surface area (TPSA) is 56.3 Å². The van der Waals surface area contributed by atoms with Crippen LogP contribution in [-0.4, -0.2) is 105 Å². The average molecular weight is 298 g/mol. The second kappa shape index (κ2) is 7.61. The van der Waals surface area contributed by atoms with Crippen LogP contribution < -0.4 is 0 Å². The molecule has 0 aliphatic carbocycles. The lowest BCUT2D eigenvalue weighted by Crippen LogP contribution is -2.52. The van der Waals surface area contributed by atoms with Crippen molar-refractivity contribution in [3.8, 4) is 0 Å². The molecule has 21 heavy (non-hydrogen) atoms. The quantitative estimate of drug-likeness (QED) is 0.707. The summed E-state index contributed by atoms with van der Waals surface area (Å²) >= 11 is 0. The van der Waals surface area contributed by atoms with Crippen molar-refractivity contribution in [3.63, 3.8) is 0 Å². The van der Waals surface area contributed by atoms with Crippen molar-refractivity contribution < 1.29 is 14.3 Å². The van der Waals surface area contributed by atoms with E-state index in [1.807, 2.05) is 9.80 Å². The summed E-state index contributed by atoms with van der Waals surface area (Å²) < 4.78 is 5.25. The first-order valence-electron chi connectivity index (χ1n) is 7.62. The van der Waals surface area contributed by atoms with Gasteiger partial charge in [-0.15, -0.1) is 0 Å². The maximum Gasteiger partial charge on any atom is 0.319 e. The predicted molar refractivity (Wildman–Crippen MR) is 79.1 cm³/mol. The van der Waals surface area contributed by atoms with Gasteiger partial charge >= 0.3 is 6.03 Å². The molecule has 7 heteroatoms. The van der Waals surface area contributed by atoms with Crippen LogP contribution in [0.15, 0.2) is 0 Å². The molecule has 0 spiro atoms. The second-order valence-electron chi connectivity index (χ2n) is 5.75. The second-order valence-corrected chi connectivity index (χ2v) is 5.75. The van der Waals surface area contributed by atoms with Gasteiger partial charge in [-0.3, -0.25) is 9.69 Å². The number of carbonyl (C=O) groups is 2. The van der Waals surface area contributed by atoms with E-state index in [9.17, 15) is 9.59 Å². The molecule has 2 aliphatic rings. The molecule has 0 bridgehead atoms. The van der Waals surface area contributed by atoms with Crippen molar-refractivity contribution in [2.45, 2.75) is 6.42 Å². The molecule has 2 saturated heterocycles. The summed E-state index contributed by atoms with van der Waals surface area (Å²) in [5.74, 6) is 0.213. The molecule has 0 aromatic carbocycles. The molecule has 120 valence electrons. The number of rotatable bonds is 3. The molecule has 0 N–H and O–H groups in total. The highest BCUT2D eigenvalue weighted by Gasteiger charge is 2.23. The maximum absolute atomic E-state index is 12.1. The van der Waals surface area contributed by atoms with Crippen LogP contribution in [0.1, 0.15) is 6.42 Å². The van der Waals surface area contributed by atoms with Crippen molar-refractivity contribution in [3.05, 3.63) is 0 Å². The number of hydrogen-bond acceptors (Lipinski definition) is 4. The van der Waals surface area contributed by atoms with Crippen molar-refractivity contribution in [2.24, 2.45) is 0 Å². The Morgan fingerprint density at radius 2 is 1.57 bits per heavy atom. The van der Waals surface area contributed by atoms with E-state index >= 15 is 0 Å². The number of morpholine rings is 1. The third kappa shape index (κ3) is 4.57. The molecular weight excluding hydrogens is 272 g/mol. The van der Waals surface area contributed by atoms with E-state index in [1.165, 1.54) is 0 Å². The van der Waals surface area contributed by atoms with Crippen molar-refractivity contribution in [1.29, 1.82) is 0 Å². The zero-order valence-electron chi connectivity index (χ0n) is 13.1. The highest BCUT2D eigenvalue weighted by Crippen LogP contribution is 2.06. The number of hydrogen-bond donors (Lipinski definition) is 0. The van der Waals surface area contributed by atoms with Gasteiger partial charge in [-0.25, -0.2) is 4.79 Å². The summed E-state index contributed by atoms with van der Waals surface area (Å²) in [7, 11) is 3.55. The monoisotopic (exact) mass is 298 g/mol. The summed E-state index contributed by atoms with van der Waals surface area (Å²) in [5.41, 5.74) is 0. The van der Waals surface area contributed by atoms with Gasteiger partial charge in [-0.1, -0.05) is 0 Å². The van der Waals surface area contributed by atoms with Gasteiger partial charge in [0.1, 0.15) is 0 Å². The molecule has 2 rings (SSSR count). The van der Waals surface area contributed by atoms with E-state index in [2.05, 4.69) is 4.90 Å². The maximum atomic E-state index is 12.1. The molecule has 2 aliphatic heterocycles. The Balaban J connectivity index is 1.66. The Morgan fingerprint density at radius 3 is 2.14 bits per heavy atom. The zero-order chi connectivity index (χ0) is 15.2. The van der Waals surface area contributed by atoms with Crippen molar-refractivity contribution >= 4 is 11.9 Å². The van der Waals surface area contributed by atoms with Crippen LogP contribution in [-0.2, 0) is 9.53 Å². The molecule has 0 atom stereocenters. The molecule has 0 radical (unpaired) electrons. The fourth-order valence-electron chi connectivity index (χ4n) is 2.67. The lowest BCUT2D eigenvalue weighted by Gasteiger charge is -2.36. The highest BCUT2D eigenvalue weighted by molar-refractivity contribution is 5.76. The minimum Gasteiger partial charge on any atom is -0.378 e. The van der Waals surface area contributed by atoms with E-state index in [4.69, 9.17) is 4.74 Å². The molecule has 7 nitrogen and oxygen atoms in total. The smallest absolute Gasteiger partial charge is 0.319 e. The summed E-state index contributed by atoms with van der Waals surface area (Å²) in [6.45, 7) is 6.67. The highest BCUT2D eigenvalue weighted by atomic mass is 16.5. The van der Waals surface area contributed by atoms with Gasteiger partial charge in [0.15, 0.2) is 0 Å². The number of carbonyl (C=O) groups excluding carboxylic acids is 2. The molecule has 2 heterocycles. The standard InChI is InChI=1S/C14H26N4O3/c1-15(2)14(20)18-7-5-16(6-8-18)4-3-13(19)17-9-11-21-12-10-17/h3-12H2,1-2H3. The van der Waals surface area contributed by atoms with Gasteiger partial charge in [-0.05, 0) is 0 Å². The largest absolute Gasteiger partial charge is 0.378 e. The summed E-state index contributed by atoms with van der Waals surface area (Å²) in [5, 5.41) is 0. The summed E-state index contributed by atoms with van der Waals surface area (Å²) in [6, 6.07) is 0.0686. The molecular formula is C14H26N4O3. The SMILES string of the molecule is CN(C)C(=O)N1CCN(CCC(=O)N2CCOCC2)CC1. The molecule has 0 unspecified atom stereocenters. The van der Waals surface area contributed by atoms with Gasteiger partial charge in [0.2, 0.25) is 5.91 Å². The number of ether oxygens (including phenoxy) is 1. The first kappa shape index (κ1) is 16.0. The van der Waals surface area contributed by atoms with Gasteiger partial charge in [0.25, 0.3) is 0 Å². The van der Waals surface area contributed by atoms with Crippen LogP contribution in [0.25, 0.3) is 0 Å². The minimum atomic E-state index is 0.0686. The Bertz CT molecular complexity index is 361. The first-order chi connectivity index (χ1) is 10.1. The number of piperazine rings is 1. The third-order valence-corrected chi connectivity index (χ3v) is 4.03. The van der Waals surface area contributed by atoms with Crippen LogP contribution in [0.2, 0.25) is 0 Å². The third-order valence-electron chi connectivity index (χ3n) is 4.03. The van der Waals surface area contributed by atoms with E-state index < -0.39 is 0 Å². The Hall–Kier alpha value is -1.34. The molecule has 2 fully saturated rings. The van der Waals surface area contributed by atoms with Gasteiger partial charge in [0, 0.05) is 66.3 Å². The first-order valence-corrected chi connectivity index (χ1v) is 7.62. The fourth-order valence-corrected chi connectivity index (χ4v) is 2.67. The van der Waals surface area contributed by atoms with E-state index in [1.54, 1.807) is 19.0 Å². The Kier molecular flexibility index (Phi) is 5.81. The number of nitrogens with zero attached hydrogens (tertiary/aromatic N) is 4. The van der Waals surface area contributed by atoms with E-state index in [-0.39, 0.29) is 11.9 Å². The van der Waals surface area contributed by atoms with Crippen molar-refractivity contribution in [1.82, 2.24) is 19.6 Å². The number of urea groups is 1. The lowest BCUT2D eigenvalue weighted by atomic mass is 10.2. The Morgan fingerprint density at radius 1 is 0.952 bits per heavy atom. The Labute approximate surface area is 126 Å². The average Bonchev–Trinajstić information content (AvgIpc) is 2.53. The fraction of sp³-hybridized carbons (Fsp3) is 0.857. The van der Waals surface area contributed by atoms with Crippen LogP contribution in [0, 0.1) is 0 Å². The molecule has 0 saturated carbocycles. The number of amides is 3. The van der Waals surface area contributed by atoms with Crippen LogP contribution in [0.4, 0.5) is 4.79 Å². The molecule has 3 amide bonds. The van der Waals surface area contributed by atoms with Crippen molar-refractivity contribution in [2.75, 3.05) is 73.1 Å².